The summed E-state index contributed by atoms with van der Waals surface area (Å²) >= 11 is 0. The molecule has 0 radical (unpaired) electrons. The van der Waals surface area contributed by atoms with Gasteiger partial charge in [-0.1, -0.05) is 42.5 Å². The van der Waals surface area contributed by atoms with Crippen LogP contribution in [0.1, 0.15) is 42.2 Å². The second-order valence-electron chi connectivity index (χ2n) is 8.30. The molecular weight excluding hydrogens is 364 g/mol. The number of carbonyl (C=O) groups is 2. The van der Waals surface area contributed by atoms with Crippen LogP contribution in [0.2, 0.25) is 0 Å². The fourth-order valence-corrected chi connectivity index (χ4v) is 4.45. The van der Waals surface area contributed by atoms with E-state index in [0.717, 1.165) is 27.8 Å². The lowest BCUT2D eigenvalue weighted by Gasteiger charge is -2.38. The largest absolute Gasteiger partial charge is 0.487 e. The number of hydrogen-bond acceptors (Lipinski definition) is 3. The number of rotatable bonds is 3. The second kappa shape index (κ2) is 6.34. The molecule has 0 aliphatic carbocycles. The van der Waals surface area contributed by atoms with E-state index < -0.39 is 0 Å². The molecule has 5 rings (SSSR count). The first-order valence-corrected chi connectivity index (χ1v) is 9.84. The highest BCUT2D eigenvalue weighted by Crippen LogP contribution is 2.40. The van der Waals surface area contributed by atoms with Gasteiger partial charge in [-0.2, -0.15) is 0 Å². The first-order valence-electron chi connectivity index (χ1n) is 9.84. The molecule has 0 spiro atoms. The van der Waals surface area contributed by atoms with Crippen LogP contribution in [0.15, 0.2) is 60.7 Å². The lowest BCUT2D eigenvalue weighted by Crippen LogP contribution is -2.45. The molecule has 0 fully saturated rings. The van der Waals surface area contributed by atoms with E-state index in [0.29, 0.717) is 12.0 Å². The van der Waals surface area contributed by atoms with Crippen LogP contribution in [0.5, 0.6) is 5.75 Å². The number of benzene rings is 3. The van der Waals surface area contributed by atoms with E-state index in [1.165, 1.54) is 0 Å². The summed E-state index contributed by atoms with van der Waals surface area (Å²) in [6.07, 6.45) is 0.666. The van der Waals surface area contributed by atoms with Gasteiger partial charge in [0.15, 0.2) is 0 Å². The standard InChI is InChI=1S/C24H22N2O3/c1-24(2)13-18(16-9-3-4-12-20(16)29-24)25-21(27)14-26-19-11-6-8-15-7-5-10-17(22(15)19)23(26)28/h3-12,18H,13-14H2,1-2H3,(H,25,27). The summed E-state index contributed by atoms with van der Waals surface area (Å²) < 4.78 is 6.05. The van der Waals surface area contributed by atoms with Crippen LogP contribution in [-0.4, -0.2) is 24.0 Å². The summed E-state index contributed by atoms with van der Waals surface area (Å²) in [6.45, 7) is 4.03. The number of nitrogens with zero attached hydrogens (tertiary/aromatic N) is 1. The maximum atomic E-state index is 13.0. The zero-order valence-electron chi connectivity index (χ0n) is 16.4. The smallest absolute Gasteiger partial charge is 0.259 e. The quantitative estimate of drug-likeness (QED) is 0.733. The molecule has 5 heteroatoms. The van der Waals surface area contributed by atoms with Gasteiger partial charge >= 0.3 is 0 Å². The number of fused-ring (bicyclic) bond motifs is 1. The molecule has 1 unspecified atom stereocenters. The molecule has 2 aliphatic heterocycles. The predicted molar refractivity (Wildman–Crippen MR) is 112 cm³/mol. The Morgan fingerprint density at radius 3 is 2.69 bits per heavy atom. The predicted octanol–water partition coefficient (Wildman–Crippen LogP) is 4.22. The van der Waals surface area contributed by atoms with E-state index >= 15 is 0 Å². The van der Waals surface area contributed by atoms with E-state index in [1.54, 1.807) is 4.90 Å². The van der Waals surface area contributed by atoms with E-state index in [9.17, 15) is 9.59 Å². The molecule has 2 heterocycles. The molecule has 0 saturated carbocycles. The van der Waals surface area contributed by atoms with Gasteiger partial charge in [-0.15, -0.1) is 0 Å². The van der Waals surface area contributed by atoms with Crippen molar-refractivity contribution < 1.29 is 14.3 Å². The number of ether oxygens (including phenoxy) is 1. The number of para-hydroxylation sites is 1. The highest BCUT2D eigenvalue weighted by molar-refractivity contribution is 6.26. The average Bonchev–Trinajstić information content (AvgIpc) is 2.95. The van der Waals surface area contributed by atoms with Crippen molar-refractivity contribution in [1.29, 1.82) is 0 Å². The van der Waals surface area contributed by atoms with Crippen molar-refractivity contribution in [3.05, 3.63) is 71.8 Å². The highest BCUT2D eigenvalue weighted by atomic mass is 16.5. The van der Waals surface area contributed by atoms with Crippen molar-refractivity contribution in [3.63, 3.8) is 0 Å². The van der Waals surface area contributed by atoms with Gasteiger partial charge in [-0.25, -0.2) is 0 Å². The van der Waals surface area contributed by atoms with E-state index in [-0.39, 0.29) is 30.0 Å². The summed E-state index contributed by atoms with van der Waals surface area (Å²) in [5.41, 5.74) is 2.05. The van der Waals surface area contributed by atoms with Crippen LogP contribution in [0, 0.1) is 0 Å². The zero-order chi connectivity index (χ0) is 20.2. The lowest BCUT2D eigenvalue weighted by atomic mass is 9.89. The third-order valence-electron chi connectivity index (χ3n) is 5.66. The maximum Gasteiger partial charge on any atom is 0.259 e. The van der Waals surface area contributed by atoms with Gasteiger partial charge in [0.25, 0.3) is 5.91 Å². The highest BCUT2D eigenvalue weighted by Gasteiger charge is 2.36. The Morgan fingerprint density at radius 2 is 1.86 bits per heavy atom. The van der Waals surface area contributed by atoms with Gasteiger partial charge in [0.2, 0.25) is 5.91 Å². The molecule has 1 N–H and O–H groups in total. The molecule has 1 atom stereocenters. The minimum Gasteiger partial charge on any atom is -0.487 e. The lowest BCUT2D eigenvalue weighted by molar-refractivity contribution is -0.121. The van der Waals surface area contributed by atoms with Crippen molar-refractivity contribution in [2.75, 3.05) is 11.4 Å². The van der Waals surface area contributed by atoms with Gasteiger partial charge in [0.1, 0.15) is 17.9 Å². The van der Waals surface area contributed by atoms with Gasteiger partial charge in [0.05, 0.1) is 11.7 Å². The van der Waals surface area contributed by atoms with Gasteiger partial charge < -0.3 is 10.1 Å². The minimum absolute atomic E-state index is 0.00736. The van der Waals surface area contributed by atoms with Crippen molar-refractivity contribution >= 4 is 28.3 Å². The van der Waals surface area contributed by atoms with Crippen molar-refractivity contribution in [2.45, 2.75) is 31.9 Å². The second-order valence-corrected chi connectivity index (χ2v) is 8.30. The molecule has 0 aromatic heterocycles. The van der Waals surface area contributed by atoms with Crippen molar-refractivity contribution in [2.24, 2.45) is 0 Å². The minimum atomic E-state index is -0.377. The zero-order valence-corrected chi connectivity index (χ0v) is 16.4. The Hall–Kier alpha value is -3.34. The fourth-order valence-electron chi connectivity index (χ4n) is 4.45. The summed E-state index contributed by atoms with van der Waals surface area (Å²) in [7, 11) is 0. The number of hydrogen-bond donors (Lipinski definition) is 1. The Bertz CT molecular complexity index is 1150. The van der Waals surface area contributed by atoms with Crippen molar-refractivity contribution in [3.8, 4) is 5.75 Å². The molecule has 146 valence electrons. The summed E-state index contributed by atoms with van der Waals surface area (Å²) in [5, 5.41) is 5.06. The molecule has 5 nitrogen and oxygen atoms in total. The van der Waals surface area contributed by atoms with Crippen LogP contribution in [0.25, 0.3) is 10.8 Å². The van der Waals surface area contributed by atoms with Crippen molar-refractivity contribution in [1.82, 2.24) is 5.32 Å². The Balaban J connectivity index is 1.40. The normalized spacial score (nSPS) is 19.0. The van der Waals surface area contributed by atoms with E-state index in [2.05, 4.69) is 5.32 Å². The fraction of sp³-hybridized carbons (Fsp3) is 0.250. The van der Waals surface area contributed by atoms with Gasteiger partial charge in [-0.05, 0) is 37.4 Å². The molecule has 0 bridgehead atoms. The Morgan fingerprint density at radius 1 is 1.10 bits per heavy atom. The molecule has 2 amide bonds. The van der Waals surface area contributed by atoms with Crippen LogP contribution in [-0.2, 0) is 4.79 Å². The summed E-state index contributed by atoms with van der Waals surface area (Å²) in [5.74, 6) is 0.490. The van der Waals surface area contributed by atoms with Crippen LogP contribution in [0.4, 0.5) is 5.69 Å². The number of amides is 2. The Kier molecular flexibility index (Phi) is 3.88. The van der Waals surface area contributed by atoms with E-state index in [4.69, 9.17) is 4.74 Å². The average molecular weight is 386 g/mol. The maximum absolute atomic E-state index is 13.0. The van der Waals surface area contributed by atoms with Crippen LogP contribution >= 0.6 is 0 Å². The summed E-state index contributed by atoms with van der Waals surface area (Å²) in [6, 6.07) is 19.1. The third kappa shape index (κ3) is 2.94. The first kappa shape index (κ1) is 17.7. The molecule has 3 aromatic carbocycles. The van der Waals surface area contributed by atoms with E-state index in [1.807, 2.05) is 74.5 Å². The molecule has 29 heavy (non-hydrogen) atoms. The Labute approximate surface area is 169 Å². The molecule has 0 saturated heterocycles. The van der Waals surface area contributed by atoms with Gasteiger partial charge in [0, 0.05) is 22.9 Å². The van der Waals surface area contributed by atoms with Crippen LogP contribution < -0.4 is 15.0 Å². The van der Waals surface area contributed by atoms with Crippen LogP contribution in [0.3, 0.4) is 0 Å². The summed E-state index contributed by atoms with van der Waals surface area (Å²) in [4.78, 5) is 27.5. The SMILES string of the molecule is CC1(C)CC(NC(=O)CN2C(=O)c3cccc4cccc2c34)c2ccccc2O1. The molecule has 3 aromatic rings. The first-order chi connectivity index (χ1) is 13.9. The molecule has 2 aliphatic rings. The third-order valence-corrected chi connectivity index (χ3v) is 5.66. The number of anilines is 1. The van der Waals surface area contributed by atoms with Gasteiger partial charge in [-0.3, -0.25) is 14.5 Å². The number of nitrogens with one attached hydrogen (secondary N) is 1. The number of carbonyl (C=O) groups excluding carboxylic acids is 2. The monoisotopic (exact) mass is 386 g/mol. The topological polar surface area (TPSA) is 58.6 Å². The molecular formula is C24H22N2O3.